The summed E-state index contributed by atoms with van der Waals surface area (Å²) in [5, 5.41) is 8.82. The number of esters is 1. The number of carbonyl (C=O) groups is 2. The van der Waals surface area contributed by atoms with E-state index in [0.29, 0.717) is 6.42 Å². The Morgan fingerprint density at radius 1 is 0.500 bits per heavy atom. The third-order valence-electron chi connectivity index (χ3n) is 8.53. The molecule has 4 nitrogen and oxygen atoms in total. The Balaban J connectivity index is 4.14. The van der Waals surface area contributed by atoms with Crippen LogP contribution in [0.4, 0.5) is 0 Å². The molecule has 0 aromatic rings. The van der Waals surface area contributed by atoms with Crippen LogP contribution in [0.5, 0.6) is 0 Å². The van der Waals surface area contributed by atoms with Crippen molar-refractivity contribution in [3.8, 4) is 0 Å². The largest absolute Gasteiger partial charge is 0.481 e. The van der Waals surface area contributed by atoms with E-state index in [9.17, 15) is 9.59 Å². The molecular weight excluding hydrogens is 568 g/mol. The van der Waals surface area contributed by atoms with Crippen molar-refractivity contribution in [2.24, 2.45) is 0 Å². The highest BCUT2D eigenvalue weighted by molar-refractivity contribution is 5.69. The molecule has 0 amide bonds. The Bertz CT molecular complexity index is 779. The number of aliphatic carboxylic acids is 1. The molecule has 0 fully saturated rings. The Kier molecular flexibility index (Phi) is 35.7. The zero-order valence-electron chi connectivity index (χ0n) is 30.4. The molecule has 1 atom stereocenters. The molecule has 1 unspecified atom stereocenters. The van der Waals surface area contributed by atoms with Crippen LogP contribution in [-0.4, -0.2) is 23.1 Å². The van der Waals surface area contributed by atoms with E-state index >= 15 is 0 Å². The zero-order chi connectivity index (χ0) is 33.6. The van der Waals surface area contributed by atoms with E-state index in [1.54, 1.807) is 0 Å². The number of hydrogen-bond acceptors (Lipinski definition) is 3. The van der Waals surface area contributed by atoms with E-state index in [0.717, 1.165) is 103 Å². The molecule has 0 spiro atoms. The van der Waals surface area contributed by atoms with Gasteiger partial charge < -0.3 is 9.84 Å². The van der Waals surface area contributed by atoms with E-state index in [1.807, 2.05) is 0 Å². The molecule has 0 aliphatic heterocycles. The lowest BCUT2D eigenvalue weighted by Gasteiger charge is -2.18. The Morgan fingerprint density at radius 2 is 0.913 bits per heavy atom. The highest BCUT2D eigenvalue weighted by atomic mass is 16.5. The lowest BCUT2D eigenvalue weighted by molar-refractivity contribution is -0.150. The summed E-state index contributed by atoms with van der Waals surface area (Å²) in [4.78, 5) is 23.4. The van der Waals surface area contributed by atoms with Crippen LogP contribution in [-0.2, 0) is 14.3 Å². The summed E-state index contributed by atoms with van der Waals surface area (Å²) < 4.78 is 5.98. The van der Waals surface area contributed by atoms with Gasteiger partial charge in [0, 0.05) is 12.8 Å². The van der Waals surface area contributed by atoms with Crippen LogP contribution >= 0.6 is 0 Å². The Hall–Kier alpha value is -2.10. The van der Waals surface area contributed by atoms with E-state index in [4.69, 9.17) is 9.84 Å². The van der Waals surface area contributed by atoms with Crippen molar-refractivity contribution < 1.29 is 19.4 Å². The third-order valence-corrected chi connectivity index (χ3v) is 8.53. The molecule has 266 valence electrons. The average Bonchev–Trinajstić information content (AvgIpc) is 3.04. The summed E-state index contributed by atoms with van der Waals surface area (Å²) in [5.74, 6) is -0.741. The first-order valence-corrected chi connectivity index (χ1v) is 19.6. The third kappa shape index (κ3) is 36.4. The van der Waals surface area contributed by atoms with Crippen LogP contribution in [0.1, 0.15) is 200 Å². The van der Waals surface area contributed by atoms with Gasteiger partial charge in [-0.2, -0.15) is 0 Å². The summed E-state index contributed by atoms with van der Waals surface area (Å²) >= 11 is 0. The maximum Gasteiger partial charge on any atom is 0.306 e. The van der Waals surface area contributed by atoms with Gasteiger partial charge in [-0.25, -0.2) is 0 Å². The topological polar surface area (TPSA) is 63.6 Å². The van der Waals surface area contributed by atoms with Gasteiger partial charge in [-0.15, -0.1) is 0 Å². The Labute approximate surface area is 285 Å². The maximum absolute atomic E-state index is 12.6. The second-order valence-electron chi connectivity index (χ2n) is 13.1. The van der Waals surface area contributed by atoms with Crippen molar-refractivity contribution in [2.75, 3.05) is 0 Å². The van der Waals surface area contributed by atoms with Gasteiger partial charge in [0.2, 0.25) is 0 Å². The minimum atomic E-state index is -0.707. The predicted molar refractivity (Wildman–Crippen MR) is 199 cm³/mol. The summed E-state index contributed by atoms with van der Waals surface area (Å²) in [5.41, 5.74) is 0. The summed E-state index contributed by atoms with van der Waals surface area (Å²) in [6.45, 7) is 4.43. The van der Waals surface area contributed by atoms with E-state index < -0.39 is 5.97 Å². The van der Waals surface area contributed by atoms with Gasteiger partial charge in [0.15, 0.2) is 0 Å². The highest BCUT2D eigenvalue weighted by Gasteiger charge is 2.14. The lowest BCUT2D eigenvalue weighted by atomic mass is 10.0. The lowest BCUT2D eigenvalue weighted by Crippen LogP contribution is -2.18. The smallest absolute Gasteiger partial charge is 0.306 e. The normalized spacial score (nSPS) is 12.7. The molecule has 4 heteroatoms. The van der Waals surface area contributed by atoms with Gasteiger partial charge in [0.1, 0.15) is 6.10 Å². The van der Waals surface area contributed by atoms with E-state index in [2.05, 4.69) is 62.5 Å². The first kappa shape index (κ1) is 43.9. The van der Waals surface area contributed by atoms with Crippen LogP contribution in [0.3, 0.4) is 0 Å². The monoisotopic (exact) mass is 643 g/mol. The molecule has 0 aliphatic rings. The van der Waals surface area contributed by atoms with Gasteiger partial charge >= 0.3 is 11.9 Å². The molecule has 0 saturated carbocycles. The van der Waals surface area contributed by atoms with Crippen LogP contribution < -0.4 is 0 Å². The van der Waals surface area contributed by atoms with Gasteiger partial charge in [-0.3, -0.25) is 9.59 Å². The molecule has 0 bridgehead atoms. The van der Waals surface area contributed by atoms with Crippen molar-refractivity contribution in [3.05, 3.63) is 48.6 Å². The standard InChI is InChI=1S/C42H74O4/c1-3-5-7-9-11-13-15-17-18-20-21-23-25-28-32-36-40(37-33-29-27-30-34-38-41(43)44)46-42(45)39-35-31-26-24-22-19-16-14-12-10-8-6-4-2/h6,8,12,14,19-22,40H,3-5,7,9-11,13,15-18,23-39H2,1-2H3,(H,43,44)/b8-6-,14-12-,21-20-,22-19-. The summed E-state index contributed by atoms with van der Waals surface area (Å²) in [6.07, 6.45) is 49.8. The van der Waals surface area contributed by atoms with Crippen LogP contribution in [0, 0.1) is 0 Å². The van der Waals surface area contributed by atoms with Crippen molar-refractivity contribution in [1.82, 2.24) is 0 Å². The molecular formula is C42H74O4. The number of allylic oxidation sites excluding steroid dienone is 8. The fourth-order valence-corrected chi connectivity index (χ4v) is 5.66. The first-order chi connectivity index (χ1) is 22.6. The first-order valence-electron chi connectivity index (χ1n) is 19.6. The number of unbranched alkanes of at least 4 members (excludes halogenated alkanes) is 18. The highest BCUT2D eigenvalue weighted by Crippen LogP contribution is 2.18. The molecule has 0 radical (unpaired) electrons. The predicted octanol–water partition coefficient (Wildman–Crippen LogP) is 13.6. The minimum Gasteiger partial charge on any atom is -0.481 e. The van der Waals surface area contributed by atoms with Crippen molar-refractivity contribution in [2.45, 2.75) is 206 Å². The molecule has 0 heterocycles. The zero-order valence-corrected chi connectivity index (χ0v) is 30.4. The summed E-state index contributed by atoms with van der Waals surface area (Å²) in [6, 6.07) is 0. The van der Waals surface area contributed by atoms with Gasteiger partial charge in [0.05, 0.1) is 0 Å². The van der Waals surface area contributed by atoms with E-state index in [-0.39, 0.29) is 18.5 Å². The fourth-order valence-electron chi connectivity index (χ4n) is 5.66. The number of ether oxygens (including phenoxy) is 1. The van der Waals surface area contributed by atoms with Crippen LogP contribution in [0.25, 0.3) is 0 Å². The quantitative estimate of drug-likeness (QED) is 0.0424. The number of carboxylic acid groups (broad SMARTS) is 1. The molecule has 0 aliphatic carbocycles. The van der Waals surface area contributed by atoms with Crippen molar-refractivity contribution >= 4 is 11.9 Å². The number of carbonyl (C=O) groups excluding carboxylic acids is 1. The maximum atomic E-state index is 12.6. The molecule has 0 aromatic carbocycles. The number of hydrogen-bond donors (Lipinski definition) is 1. The molecule has 1 N–H and O–H groups in total. The van der Waals surface area contributed by atoms with Crippen LogP contribution in [0.2, 0.25) is 0 Å². The van der Waals surface area contributed by atoms with Crippen molar-refractivity contribution in [3.63, 3.8) is 0 Å². The van der Waals surface area contributed by atoms with E-state index in [1.165, 1.54) is 70.6 Å². The second kappa shape index (κ2) is 37.4. The SMILES string of the molecule is CC/C=C\C/C=C\C/C=C\CCCCCC(=O)OC(CCCCC/C=C\CCCCCCCCCC)CCCCCCCC(=O)O. The van der Waals surface area contributed by atoms with Gasteiger partial charge in [-0.1, -0.05) is 140 Å². The summed E-state index contributed by atoms with van der Waals surface area (Å²) in [7, 11) is 0. The van der Waals surface area contributed by atoms with Crippen LogP contribution in [0.15, 0.2) is 48.6 Å². The fraction of sp³-hybridized carbons (Fsp3) is 0.762. The van der Waals surface area contributed by atoms with Gasteiger partial charge in [0.25, 0.3) is 0 Å². The number of rotatable bonds is 35. The van der Waals surface area contributed by atoms with Crippen molar-refractivity contribution in [1.29, 1.82) is 0 Å². The minimum absolute atomic E-state index is 0.0254. The average molecular weight is 643 g/mol. The molecule has 0 aromatic heterocycles. The molecule has 46 heavy (non-hydrogen) atoms. The van der Waals surface area contributed by atoms with Gasteiger partial charge in [-0.05, 0) is 96.3 Å². The molecule has 0 saturated heterocycles. The molecule has 0 rings (SSSR count). The number of carboxylic acids is 1. The Morgan fingerprint density at radius 3 is 1.48 bits per heavy atom. The second-order valence-corrected chi connectivity index (χ2v) is 13.1.